The summed E-state index contributed by atoms with van der Waals surface area (Å²) in [6, 6.07) is 14.3. The van der Waals surface area contributed by atoms with E-state index >= 15 is 0 Å². The lowest BCUT2D eigenvalue weighted by Gasteiger charge is -2.14. The summed E-state index contributed by atoms with van der Waals surface area (Å²) >= 11 is 0. The van der Waals surface area contributed by atoms with Gasteiger partial charge >= 0.3 is 0 Å². The van der Waals surface area contributed by atoms with Crippen LogP contribution in [0.25, 0.3) is 6.08 Å². The first-order chi connectivity index (χ1) is 13.5. The van der Waals surface area contributed by atoms with E-state index in [0.29, 0.717) is 11.5 Å². The highest BCUT2D eigenvalue weighted by atomic mass is 19.2. The van der Waals surface area contributed by atoms with Crippen molar-refractivity contribution in [1.82, 2.24) is 10.3 Å². The Labute approximate surface area is 161 Å². The van der Waals surface area contributed by atoms with Crippen LogP contribution in [0.3, 0.4) is 0 Å². The van der Waals surface area contributed by atoms with E-state index in [1.807, 2.05) is 25.1 Å². The van der Waals surface area contributed by atoms with E-state index in [4.69, 9.17) is 4.74 Å². The van der Waals surface area contributed by atoms with Gasteiger partial charge in [-0.25, -0.2) is 8.78 Å². The van der Waals surface area contributed by atoms with Crippen LogP contribution < -0.4 is 10.1 Å². The number of hydrogen-bond acceptors (Lipinski definition) is 3. The van der Waals surface area contributed by atoms with Gasteiger partial charge in [-0.05, 0) is 48.9 Å². The molecule has 0 spiro atoms. The standard InChI is InChI=1S/C22H18F2N2O2/c1-15(26-21(27)11-10-16-5-3-9-20(23)22(16)24)17-6-2-7-18(13-17)28-19-8-4-12-25-14-19/h2-15H,1H3,(H,26,27)/b11-10+. The van der Waals surface area contributed by atoms with E-state index in [1.54, 1.807) is 30.6 Å². The molecule has 1 unspecified atom stereocenters. The van der Waals surface area contributed by atoms with Gasteiger partial charge in [0.25, 0.3) is 0 Å². The van der Waals surface area contributed by atoms with E-state index < -0.39 is 17.5 Å². The summed E-state index contributed by atoms with van der Waals surface area (Å²) in [5.41, 5.74) is 0.842. The zero-order chi connectivity index (χ0) is 19.9. The van der Waals surface area contributed by atoms with E-state index in [9.17, 15) is 13.6 Å². The summed E-state index contributed by atoms with van der Waals surface area (Å²) in [6.45, 7) is 1.82. The minimum atomic E-state index is -0.986. The maximum absolute atomic E-state index is 13.6. The fraction of sp³-hybridized carbons (Fsp3) is 0.0909. The zero-order valence-corrected chi connectivity index (χ0v) is 15.1. The lowest BCUT2D eigenvalue weighted by Crippen LogP contribution is -2.24. The van der Waals surface area contributed by atoms with Gasteiger partial charge in [0.05, 0.1) is 12.2 Å². The predicted molar refractivity (Wildman–Crippen MR) is 103 cm³/mol. The maximum Gasteiger partial charge on any atom is 0.244 e. The number of halogens is 2. The molecule has 3 rings (SSSR count). The first-order valence-corrected chi connectivity index (χ1v) is 8.63. The molecule has 1 N–H and O–H groups in total. The van der Waals surface area contributed by atoms with Crippen LogP contribution >= 0.6 is 0 Å². The minimum Gasteiger partial charge on any atom is -0.456 e. The van der Waals surface area contributed by atoms with E-state index in [0.717, 1.165) is 11.6 Å². The quantitative estimate of drug-likeness (QED) is 0.610. The largest absolute Gasteiger partial charge is 0.456 e. The van der Waals surface area contributed by atoms with Gasteiger partial charge in [0.1, 0.15) is 11.5 Å². The van der Waals surface area contributed by atoms with Crippen LogP contribution in [0.4, 0.5) is 8.78 Å². The third-order valence-electron chi connectivity index (χ3n) is 3.98. The molecule has 0 fully saturated rings. The number of pyridine rings is 1. The van der Waals surface area contributed by atoms with Crippen LogP contribution in [0.15, 0.2) is 73.1 Å². The number of carbonyl (C=O) groups excluding carboxylic acids is 1. The number of hydrogen-bond donors (Lipinski definition) is 1. The number of nitrogens with one attached hydrogen (secondary N) is 1. The van der Waals surface area contributed by atoms with Crippen molar-refractivity contribution in [3.8, 4) is 11.5 Å². The summed E-state index contributed by atoms with van der Waals surface area (Å²) in [4.78, 5) is 16.1. The lowest BCUT2D eigenvalue weighted by atomic mass is 10.1. The van der Waals surface area contributed by atoms with Crippen LogP contribution in [0, 0.1) is 11.6 Å². The van der Waals surface area contributed by atoms with Crippen LogP contribution in [0.1, 0.15) is 24.1 Å². The summed E-state index contributed by atoms with van der Waals surface area (Å²) in [5, 5.41) is 2.78. The van der Waals surface area contributed by atoms with Gasteiger partial charge < -0.3 is 10.1 Å². The van der Waals surface area contributed by atoms with E-state index in [1.165, 1.54) is 24.3 Å². The van der Waals surface area contributed by atoms with Gasteiger partial charge in [-0.3, -0.25) is 9.78 Å². The summed E-state index contributed by atoms with van der Waals surface area (Å²) in [6.07, 6.45) is 5.67. The average molecular weight is 380 g/mol. The molecule has 142 valence electrons. The molecule has 0 aliphatic carbocycles. The molecule has 0 radical (unpaired) electrons. The number of rotatable bonds is 6. The second kappa shape index (κ2) is 8.90. The predicted octanol–water partition coefficient (Wildman–Crippen LogP) is 5.04. The van der Waals surface area contributed by atoms with Crippen molar-refractivity contribution in [2.24, 2.45) is 0 Å². The van der Waals surface area contributed by atoms with Crippen LogP contribution in [0.2, 0.25) is 0 Å². The van der Waals surface area contributed by atoms with Crippen LogP contribution in [0.5, 0.6) is 11.5 Å². The highest BCUT2D eigenvalue weighted by molar-refractivity contribution is 5.92. The molecular formula is C22H18F2N2O2. The Kier molecular flexibility index (Phi) is 6.11. The third-order valence-corrected chi connectivity index (χ3v) is 3.98. The highest BCUT2D eigenvalue weighted by Gasteiger charge is 2.10. The average Bonchev–Trinajstić information content (AvgIpc) is 2.70. The van der Waals surface area contributed by atoms with Crippen molar-refractivity contribution in [2.75, 3.05) is 0 Å². The molecular weight excluding hydrogens is 362 g/mol. The SMILES string of the molecule is CC(NC(=O)/C=C/c1cccc(F)c1F)c1cccc(Oc2cccnc2)c1. The van der Waals surface area contributed by atoms with E-state index in [2.05, 4.69) is 10.3 Å². The Bertz CT molecular complexity index is 991. The van der Waals surface area contributed by atoms with Gasteiger partial charge in [0.15, 0.2) is 11.6 Å². The van der Waals surface area contributed by atoms with Gasteiger partial charge in [-0.1, -0.05) is 24.3 Å². The Balaban J connectivity index is 1.64. The van der Waals surface area contributed by atoms with Gasteiger partial charge in [0, 0.05) is 17.8 Å². The Morgan fingerprint density at radius 1 is 1.11 bits per heavy atom. The number of carbonyl (C=O) groups is 1. The van der Waals surface area contributed by atoms with Crippen molar-refractivity contribution in [1.29, 1.82) is 0 Å². The molecule has 3 aromatic rings. The molecule has 0 aliphatic rings. The molecule has 0 saturated heterocycles. The molecule has 28 heavy (non-hydrogen) atoms. The molecule has 1 atom stereocenters. The molecule has 6 heteroatoms. The Hall–Kier alpha value is -3.54. The summed E-state index contributed by atoms with van der Waals surface area (Å²) < 4.78 is 32.6. The maximum atomic E-state index is 13.6. The second-order valence-corrected chi connectivity index (χ2v) is 6.07. The molecule has 0 saturated carbocycles. The Morgan fingerprint density at radius 3 is 2.68 bits per heavy atom. The van der Waals surface area contributed by atoms with Gasteiger partial charge in [0.2, 0.25) is 5.91 Å². The number of ether oxygens (including phenoxy) is 1. The molecule has 1 aromatic heterocycles. The first-order valence-electron chi connectivity index (χ1n) is 8.63. The van der Waals surface area contributed by atoms with Crippen molar-refractivity contribution in [3.63, 3.8) is 0 Å². The summed E-state index contributed by atoms with van der Waals surface area (Å²) in [7, 11) is 0. The number of aromatic nitrogens is 1. The monoisotopic (exact) mass is 380 g/mol. The molecule has 0 bridgehead atoms. The van der Waals surface area contributed by atoms with Crippen molar-refractivity contribution >= 4 is 12.0 Å². The molecule has 1 heterocycles. The molecule has 0 aliphatic heterocycles. The second-order valence-electron chi connectivity index (χ2n) is 6.07. The fourth-order valence-corrected chi connectivity index (χ4v) is 2.55. The number of benzene rings is 2. The first kappa shape index (κ1) is 19.2. The van der Waals surface area contributed by atoms with Crippen molar-refractivity contribution < 1.29 is 18.3 Å². The minimum absolute atomic E-state index is 0.00895. The molecule has 1 amide bonds. The topological polar surface area (TPSA) is 51.2 Å². The van der Waals surface area contributed by atoms with Gasteiger partial charge in [-0.15, -0.1) is 0 Å². The zero-order valence-electron chi connectivity index (χ0n) is 15.1. The molecule has 2 aromatic carbocycles. The van der Waals surface area contributed by atoms with Crippen molar-refractivity contribution in [2.45, 2.75) is 13.0 Å². The number of nitrogens with zero attached hydrogens (tertiary/aromatic N) is 1. The van der Waals surface area contributed by atoms with Crippen LogP contribution in [-0.2, 0) is 4.79 Å². The van der Waals surface area contributed by atoms with Gasteiger partial charge in [-0.2, -0.15) is 0 Å². The fourth-order valence-electron chi connectivity index (χ4n) is 2.55. The van der Waals surface area contributed by atoms with Crippen molar-refractivity contribution in [3.05, 3.63) is 95.8 Å². The Morgan fingerprint density at radius 2 is 1.89 bits per heavy atom. The smallest absolute Gasteiger partial charge is 0.244 e. The van der Waals surface area contributed by atoms with E-state index in [-0.39, 0.29) is 11.6 Å². The normalized spacial score (nSPS) is 12.0. The third kappa shape index (κ3) is 5.01. The lowest BCUT2D eigenvalue weighted by molar-refractivity contribution is -0.117. The van der Waals surface area contributed by atoms with Crippen LogP contribution in [-0.4, -0.2) is 10.9 Å². The summed E-state index contributed by atoms with van der Waals surface area (Å²) in [5.74, 6) is -1.14. The highest BCUT2D eigenvalue weighted by Crippen LogP contribution is 2.24. The number of amides is 1. The molecule has 4 nitrogen and oxygen atoms in total.